The van der Waals surface area contributed by atoms with Crippen molar-refractivity contribution in [3.8, 4) is 22.9 Å². The number of benzene rings is 2. The minimum atomic E-state index is -4.69. The number of likely N-dealkylation sites (tertiary alicyclic amines) is 1. The van der Waals surface area contributed by atoms with Crippen LogP contribution < -0.4 is 15.4 Å². The van der Waals surface area contributed by atoms with Crippen LogP contribution in [0, 0.1) is 0 Å². The molecule has 3 heterocycles. The van der Waals surface area contributed by atoms with Crippen molar-refractivity contribution in [3.63, 3.8) is 0 Å². The van der Waals surface area contributed by atoms with Gasteiger partial charge in [-0.15, -0.1) is 0 Å². The second kappa shape index (κ2) is 12.5. The average Bonchev–Trinajstić information content (AvgIpc) is 3.55. The summed E-state index contributed by atoms with van der Waals surface area (Å²) in [6.07, 6.45) is -3.38. The zero-order valence-corrected chi connectivity index (χ0v) is 26.4. The number of anilines is 2. The molecule has 242 valence electrons. The van der Waals surface area contributed by atoms with Gasteiger partial charge in [0, 0.05) is 24.6 Å². The standard InChI is InChI=1S/C31H31F3N6O5S/c1-16-9-12-22(40(16)29(43)45-30(3,4)5)27(42)38-21-13-18(31(32,33)34)10-11-19(21)20-14-25(36-15-35-20)44-23-7-6-8-24-26(23)39-28(46-24)37-17(2)41/h6-8,10-11,13-16,22H,9,12H2,1-5H3,(H,38,42)(H,37,39,41). The third kappa shape index (κ3) is 7.36. The first-order chi connectivity index (χ1) is 21.6. The summed E-state index contributed by atoms with van der Waals surface area (Å²) < 4.78 is 53.5. The number of thiazole rings is 1. The third-order valence-electron chi connectivity index (χ3n) is 6.98. The van der Waals surface area contributed by atoms with Crippen LogP contribution in [0.25, 0.3) is 21.5 Å². The smallest absolute Gasteiger partial charge is 0.416 e. The number of hydrogen-bond acceptors (Lipinski definition) is 9. The SMILES string of the molecule is CC(=O)Nc1nc2c(Oc3cc(-c4ccc(C(F)(F)F)cc4NC(=O)C4CCC(C)N4C(=O)OC(C)(C)C)ncn3)cccc2s1. The van der Waals surface area contributed by atoms with E-state index in [1.54, 1.807) is 39.8 Å². The zero-order valence-electron chi connectivity index (χ0n) is 25.6. The predicted octanol–water partition coefficient (Wildman–Crippen LogP) is 7.25. The van der Waals surface area contributed by atoms with Gasteiger partial charge in [0.05, 0.1) is 21.6 Å². The summed E-state index contributed by atoms with van der Waals surface area (Å²) in [6, 6.07) is 8.26. The number of alkyl halides is 3. The zero-order chi connectivity index (χ0) is 33.4. The Balaban J connectivity index is 1.46. The van der Waals surface area contributed by atoms with Gasteiger partial charge in [0.25, 0.3) is 0 Å². The number of carbonyl (C=O) groups is 3. The molecule has 2 aromatic heterocycles. The number of aromatic nitrogens is 3. The molecule has 1 saturated heterocycles. The minimum Gasteiger partial charge on any atom is -0.444 e. The average molecular weight is 657 g/mol. The topological polar surface area (TPSA) is 136 Å². The molecule has 5 rings (SSSR count). The minimum absolute atomic E-state index is 0.0597. The number of hydrogen-bond donors (Lipinski definition) is 2. The van der Waals surface area contributed by atoms with Crippen LogP contribution >= 0.6 is 11.3 Å². The maximum atomic E-state index is 13.8. The molecular formula is C31H31F3N6O5S. The Hall–Kier alpha value is -4.79. The van der Waals surface area contributed by atoms with Crippen LogP contribution in [0.4, 0.5) is 28.8 Å². The maximum Gasteiger partial charge on any atom is 0.416 e. The molecule has 2 aromatic carbocycles. The number of nitrogens with zero attached hydrogens (tertiary/aromatic N) is 4. The molecule has 2 unspecified atom stereocenters. The highest BCUT2D eigenvalue weighted by atomic mass is 32.1. The number of carbonyl (C=O) groups excluding carboxylic acids is 3. The molecule has 11 nitrogen and oxygen atoms in total. The molecule has 1 fully saturated rings. The normalized spacial score (nSPS) is 16.7. The van der Waals surface area contributed by atoms with Crippen LogP contribution in [0.2, 0.25) is 0 Å². The van der Waals surface area contributed by atoms with Gasteiger partial charge >= 0.3 is 12.3 Å². The van der Waals surface area contributed by atoms with Gasteiger partial charge in [-0.05, 0) is 64.8 Å². The second-order valence-corrected chi connectivity index (χ2v) is 12.8. The summed E-state index contributed by atoms with van der Waals surface area (Å²) in [5, 5.41) is 5.63. The Morgan fingerprint density at radius 1 is 1.02 bits per heavy atom. The molecule has 4 aromatic rings. The van der Waals surface area contributed by atoms with E-state index < -0.39 is 35.4 Å². The van der Waals surface area contributed by atoms with Crippen LogP contribution in [-0.4, -0.2) is 55.4 Å². The molecule has 2 N–H and O–H groups in total. The predicted molar refractivity (Wildman–Crippen MR) is 166 cm³/mol. The van der Waals surface area contributed by atoms with Crippen LogP contribution in [-0.2, 0) is 20.5 Å². The number of para-hydroxylation sites is 1. The lowest BCUT2D eigenvalue weighted by molar-refractivity contribution is -0.137. The lowest BCUT2D eigenvalue weighted by Crippen LogP contribution is -2.48. The van der Waals surface area contributed by atoms with Crippen molar-refractivity contribution in [3.05, 3.63) is 54.4 Å². The van der Waals surface area contributed by atoms with Gasteiger partial charge in [0.15, 0.2) is 10.9 Å². The van der Waals surface area contributed by atoms with Gasteiger partial charge in [0.1, 0.15) is 23.5 Å². The van der Waals surface area contributed by atoms with E-state index in [1.807, 2.05) is 6.07 Å². The summed E-state index contributed by atoms with van der Waals surface area (Å²) in [4.78, 5) is 52.1. The van der Waals surface area contributed by atoms with Gasteiger partial charge in [-0.25, -0.2) is 19.7 Å². The van der Waals surface area contributed by atoms with Crippen molar-refractivity contribution in [1.29, 1.82) is 0 Å². The molecule has 0 radical (unpaired) electrons. The van der Waals surface area contributed by atoms with Crippen LogP contribution in [0.5, 0.6) is 11.6 Å². The Morgan fingerprint density at radius 3 is 2.48 bits per heavy atom. The molecule has 1 aliphatic rings. The lowest BCUT2D eigenvalue weighted by Gasteiger charge is -2.31. The molecule has 0 saturated carbocycles. The van der Waals surface area contributed by atoms with E-state index in [9.17, 15) is 27.6 Å². The summed E-state index contributed by atoms with van der Waals surface area (Å²) in [5.41, 5.74) is -1.13. The van der Waals surface area contributed by atoms with E-state index in [0.29, 0.717) is 29.2 Å². The number of halogens is 3. The highest BCUT2D eigenvalue weighted by molar-refractivity contribution is 7.22. The van der Waals surface area contributed by atoms with E-state index in [4.69, 9.17) is 9.47 Å². The van der Waals surface area contributed by atoms with Crippen LogP contribution in [0.1, 0.15) is 53.0 Å². The Morgan fingerprint density at radius 2 is 1.78 bits per heavy atom. The molecule has 2 atom stereocenters. The maximum absolute atomic E-state index is 13.8. The second-order valence-electron chi connectivity index (χ2n) is 11.7. The molecule has 0 aliphatic carbocycles. The van der Waals surface area contributed by atoms with Gasteiger partial charge in [-0.3, -0.25) is 14.5 Å². The van der Waals surface area contributed by atoms with E-state index in [0.717, 1.165) is 16.8 Å². The molecule has 46 heavy (non-hydrogen) atoms. The first kappa shape index (κ1) is 32.6. The molecule has 0 spiro atoms. The summed E-state index contributed by atoms with van der Waals surface area (Å²) in [6.45, 7) is 8.26. The van der Waals surface area contributed by atoms with Crippen molar-refractivity contribution in [2.45, 2.75) is 71.3 Å². The molecule has 15 heteroatoms. The van der Waals surface area contributed by atoms with Crippen molar-refractivity contribution in [2.24, 2.45) is 0 Å². The van der Waals surface area contributed by atoms with E-state index in [-0.39, 0.29) is 34.8 Å². The van der Waals surface area contributed by atoms with Crippen LogP contribution in [0.15, 0.2) is 48.8 Å². The molecule has 0 bridgehead atoms. The highest BCUT2D eigenvalue weighted by Crippen LogP contribution is 2.38. The highest BCUT2D eigenvalue weighted by Gasteiger charge is 2.41. The number of rotatable bonds is 6. The van der Waals surface area contributed by atoms with Crippen molar-refractivity contribution >= 4 is 50.3 Å². The molecule has 3 amide bonds. The molecule has 1 aliphatic heterocycles. The summed E-state index contributed by atoms with van der Waals surface area (Å²) in [5.74, 6) is -0.550. The first-order valence-corrected chi connectivity index (χ1v) is 15.1. The van der Waals surface area contributed by atoms with Crippen molar-refractivity contribution < 1.29 is 37.0 Å². The largest absolute Gasteiger partial charge is 0.444 e. The van der Waals surface area contributed by atoms with Gasteiger partial charge in [-0.1, -0.05) is 23.5 Å². The third-order valence-corrected chi connectivity index (χ3v) is 7.91. The van der Waals surface area contributed by atoms with Gasteiger partial charge in [0.2, 0.25) is 17.7 Å². The Bertz CT molecular complexity index is 1810. The fraction of sp³-hybridized carbons (Fsp3) is 0.355. The lowest BCUT2D eigenvalue weighted by atomic mass is 10.0. The van der Waals surface area contributed by atoms with E-state index in [2.05, 4.69) is 25.6 Å². The quantitative estimate of drug-likeness (QED) is 0.222. The van der Waals surface area contributed by atoms with E-state index in [1.165, 1.54) is 41.6 Å². The number of fused-ring (bicyclic) bond motifs is 1. The monoisotopic (exact) mass is 656 g/mol. The fourth-order valence-corrected chi connectivity index (χ4v) is 5.92. The van der Waals surface area contributed by atoms with Crippen LogP contribution in [0.3, 0.4) is 0 Å². The summed E-state index contributed by atoms with van der Waals surface area (Å²) in [7, 11) is 0. The molecular weight excluding hydrogens is 625 g/mol. The Kier molecular flexibility index (Phi) is 8.89. The van der Waals surface area contributed by atoms with Crippen molar-refractivity contribution in [1.82, 2.24) is 19.9 Å². The Labute approximate surface area is 266 Å². The van der Waals surface area contributed by atoms with Gasteiger partial charge in [-0.2, -0.15) is 13.2 Å². The fourth-order valence-electron chi connectivity index (χ4n) is 4.99. The van der Waals surface area contributed by atoms with E-state index >= 15 is 0 Å². The first-order valence-electron chi connectivity index (χ1n) is 14.3. The van der Waals surface area contributed by atoms with Gasteiger partial charge < -0.3 is 20.1 Å². The number of ether oxygens (including phenoxy) is 2. The van der Waals surface area contributed by atoms with Crippen molar-refractivity contribution in [2.75, 3.05) is 10.6 Å². The summed E-state index contributed by atoms with van der Waals surface area (Å²) >= 11 is 1.26. The number of amides is 3. The number of nitrogens with one attached hydrogen (secondary N) is 2.